The molecule has 0 radical (unpaired) electrons. The van der Waals surface area contributed by atoms with Gasteiger partial charge in [-0.2, -0.15) is 0 Å². The Bertz CT molecular complexity index is 592. The van der Waals surface area contributed by atoms with Crippen molar-refractivity contribution in [2.75, 3.05) is 6.61 Å². The molecule has 122 valence electrons. The van der Waals surface area contributed by atoms with Crippen LogP contribution in [0.2, 0.25) is 4.34 Å². The Balaban J connectivity index is 3.30. The number of ether oxygens (including phenoxy) is 2. The van der Waals surface area contributed by atoms with Crippen molar-refractivity contribution >= 4 is 40.6 Å². The molecular weight excluding hydrogens is 334 g/mol. The minimum atomic E-state index is -1.49. The molecule has 0 aliphatic carbocycles. The molecule has 7 nitrogen and oxygen atoms in total. The van der Waals surface area contributed by atoms with E-state index in [9.17, 15) is 14.5 Å². The molecule has 0 spiro atoms. The first kappa shape index (κ1) is 18.4. The zero-order chi connectivity index (χ0) is 17.1. The molecule has 22 heavy (non-hydrogen) atoms. The van der Waals surface area contributed by atoms with E-state index in [4.69, 9.17) is 26.3 Å². The first-order valence-corrected chi connectivity index (χ1v) is 7.61. The van der Waals surface area contributed by atoms with E-state index in [0.29, 0.717) is 0 Å². The Labute approximate surface area is 136 Å². The lowest BCUT2D eigenvalue weighted by Gasteiger charge is -2.22. The van der Waals surface area contributed by atoms with Gasteiger partial charge in [0.25, 0.3) is 4.92 Å². The van der Waals surface area contributed by atoms with E-state index in [1.54, 1.807) is 27.7 Å². The Hall–Kier alpha value is -1.67. The van der Waals surface area contributed by atoms with E-state index in [0.717, 1.165) is 17.4 Å². The molecule has 1 aromatic rings. The SMILES string of the molecule is CCOC(=O)C(C(=O)OC(C)(C)C)c1sc(Cl)cc1[N+](=O)O. The Morgan fingerprint density at radius 3 is 2.45 bits per heavy atom. The first-order chi connectivity index (χ1) is 10.1. The molecular formula is C13H17ClNO6S+. The molecule has 1 rings (SSSR count). The zero-order valence-corrected chi connectivity index (χ0v) is 14.2. The topological polar surface area (TPSA) is 92.9 Å². The summed E-state index contributed by atoms with van der Waals surface area (Å²) in [6.45, 7) is 6.55. The Kier molecular flexibility index (Phi) is 5.90. The summed E-state index contributed by atoms with van der Waals surface area (Å²) in [5.74, 6) is -3.25. The van der Waals surface area contributed by atoms with Crippen LogP contribution in [0.25, 0.3) is 0 Å². The highest BCUT2D eigenvalue weighted by Crippen LogP contribution is 2.39. The number of rotatable bonds is 5. The van der Waals surface area contributed by atoms with Crippen LogP contribution in [0.1, 0.15) is 38.5 Å². The molecule has 0 saturated carbocycles. The molecule has 0 aliphatic rings. The summed E-state index contributed by atoms with van der Waals surface area (Å²) in [6.07, 6.45) is 0. The van der Waals surface area contributed by atoms with E-state index in [2.05, 4.69) is 0 Å². The molecule has 0 aromatic carbocycles. The van der Waals surface area contributed by atoms with Crippen molar-refractivity contribution in [3.8, 4) is 0 Å². The number of hydrogen-bond donors (Lipinski definition) is 1. The van der Waals surface area contributed by atoms with E-state index < -0.39 is 28.4 Å². The fourth-order valence-electron chi connectivity index (χ4n) is 1.62. The highest BCUT2D eigenvalue weighted by molar-refractivity contribution is 7.17. The molecule has 1 aromatic heterocycles. The lowest BCUT2D eigenvalue weighted by atomic mass is 10.1. The number of hydrogen-bond acceptors (Lipinski definition) is 6. The maximum Gasteiger partial charge on any atom is 0.333 e. The van der Waals surface area contributed by atoms with Gasteiger partial charge in [-0.05, 0) is 27.7 Å². The summed E-state index contributed by atoms with van der Waals surface area (Å²) in [7, 11) is 0. The van der Waals surface area contributed by atoms with E-state index in [1.165, 1.54) is 0 Å². The summed E-state index contributed by atoms with van der Waals surface area (Å²) in [5.41, 5.74) is -1.13. The lowest BCUT2D eigenvalue weighted by molar-refractivity contribution is -0.729. The van der Waals surface area contributed by atoms with Crippen LogP contribution in [0.5, 0.6) is 0 Å². The normalized spacial score (nSPS) is 12.6. The summed E-state index contributed by atoms with van der Waals surface area (Å²) in [6, 6.07) is 1.16. The number of carbonyl (C=O) groups excluding carboxylic acids is 2. The molecule has 0 amide bonds. The van der Waals surface area contributed by atoms with Crippen LogP contribution in [0.3, 0.4) is 0 Å². The standard InChI is InChI=1S/C13H17ClNO6S/c1-5-20-11(16)9(12(17)21-13(2,3)4)10-7(15(18)19)6-8(14)22-10/h6,9H,5H2,1-4H3,(H,18,19)/q+1. The minimum Gasteiger partial charge on any atom is -0.465 e. The molecule has 0 aliphatic heterocycles. The van der Waals surface area contributed by atoms with Gasteiger partial charge < -0.3 is 9.47 Å². The summed E-state index contributed by atoms with van der Waals surface area (Å²) < 4.78 is 10.2. The summed E-state index contributed by atoms with van der Waals surface area (Å²) in [5, 5.41) is 9.11. The van der Waals surface area contributed by atoms with Crippen molar-refractivity contribution in [3.05, 3.63) is 20.2 Å². The van der Waals surface area contributed by atoms with Crippen molar-refractivity contribution in [2.24, 2.45) is 0 Å². The summed E-state index contributed by atoms with van der Waals surface area (Å²) >= 11 is 6.63. The monoisotopic (exact) mass is 350 g/mol. The number of esters is 2. The van der Waals surface area contributed by atoms with E-state index in [-0.39, 0.29) is 21.5 Å². The highest BCUT2D eigenvalue weighted by atomic mass is 35.5. The van der Waals surface area contributed by atoms with Gasteiger partial charge in [0.15, 0.2) is 5.92 Å². The molecule has 0 fully saturated rings. The maximum atomic E-state index is 12.3. The van der Waals surface area contributed by atoms with Crippen molar-refractivity contribution < 1.29 is 29.2 Å². The van der Waals surface area contributed by atoms with Gasteiger partial charge in [-0.15, -0.1) is 11.3 Å². The average molecular weight is 351 g/mol. The smallest absolute Gasteiger partial charge is 0.333 e. The second-order valence-electron chi connectivity index (χ2n) is 5.29. The third-order valence-electron chi connectivity index (χ3n) is 2.34. The molecule has 1 heterocycles. The number of carbonyl (C=O) groups is 2. The fourth-order valence-corrected chi connectivity index (χ4v) is 2.90. The Morgan fingerprint density at radius 2 is 2.00 bits per heavy atom. The van der Waals surface area contributed by atoms with Crippen LogP contribution in [0.15, 0.2) is 6.07 Å². The van der Waals surface area contributed by atoms with Gasteiger partial charge in [-0.25, -0.2) is 5.21 Å². The quantitative estimate of drug-likeness (QED) is 0.498. The van der Waals surface area contributed by atoms with Crippen LogP contribution in [-0.4, -0.2) is 34.3 Å². The maximum absolute atomic E-state index is 12.3. The number of nitrogens with zero attached hydrogens (tertiary/aromatic N) is 1. The third kappa shape index (κ3) is 4.67. The van der Waals surface area contributed by atoms with Gasteiger partial charge in [-0.3, -0.25) is 9.59 Å². The third-order valence-corrected chi connectivity index (χ3v) is 3.66. The molecule has 0 saturated heterocycles. The molecule has 1 N–H and O–H groups in total. The van der Waals surface area contributed by atoms with Gasteiger partial charge in [0.1, 0.15) is 14.8 Å². The second-order valence-corrected chi connectivity index (χ2v) is 7.01. The van der Waals surface area contributed by atoms with Crippen LogP contribution in [0, 0.1) is 4.91 Å². The minimum absolute atomic E-state index is 0.0322. The number of halogens is 1. The molecule has 9 heteroatoms. The molecule has 1 unspecified atom stereocenters. The zero-order valence-electron chi connectivity index (χ0n) is 12.6. The molecule has 1 atom stereocenters. The van der Waals surface area contributed by atoms with Crippen molar-refractivity contribution in [1.29, 1.82) is 0 Å². The van der Waals surface area contributed by atoms with Crippen LogP contribution < -0.4 is 0 Å². The average Bonchev–Trinajstić information content (AvgIpc) is 2.69. The molecule has 0 bridgehead atoms. The second kappa shape index (κ2) is 7.06. The highest BCUT2D eigenvalue weighted by Gasteiger charge is 2.41. The van der Waals surface area contributed by atoms with E-state index >= 15 is 0 Å². The predicted molar refractivity (Wildman–Crippen MR) is 79.6 cm³/mol. The van der Waals surface area contributed by atoms with Gasteiger partial charge in [-0.1, -0.05) is 11.6 Å². The Morgan fingerprint density at radius 1 is 1.41 bits per heavy atom. The predicted octanol–water partition coefficient (Wildman–Crippen LogP) is 3.19. The fraction of sp³-hybridized carbons (Fsp3) is 0.538. The van der Waals surface area contributed by atoms with Crippen LogP contribution in [-0.2, 0) is 19.1 Å². The van der Waals surface area contributed by atoms with Gasteiger partial charge >= 0.3 is 17.6 Å². The van der Waals surface area contributed by atoms with Crippen molar-refractivity contribution in [3.63, 3.8) is 0 Å². The van der Waals surface area contributed by atoms with Gasteiger partial charge in [0.2, 0.25) is 0 Å². The summed E-state index contributed by atoms with van der Waals surface area (Å²) in [4.78, 5) is 35.1. The van der Waals surface area contributed by atoms with E-state index in [1.807, 2.05) is 0 Å². The van der Waals surface area contributed by atoms with Crippen LogP contribution >= 0.6 is 22.9 Å². The van der Waals surface area contributed by atoms with Crippen LogP contribution in [0.4, 0.5) is 5.69 Å². The number of thiophene rings is 1. The van der Waals surface area contributed by atoms with Crippen molar-refractivity contribution in [1.82, 2.24) is 0 Å². The van der Waals surface area contributed by atoms with Gasteiger partial charge in [0, 0.05) is 0 Å². The lowest BCUT2D eigenvalue weighted by Crippen LogP contribution is -2.32. The van der Waals surface area contributed by atoms with Gasteiger partial charge in [0.05, 0.1) is 17.6 Å². The van der Waals surface area contributed by atoms with Crippen molar-refractivity contribution in [2.45, 2.75) is 39.2 Å². The first-order valence-electron chi connectivity index (χ1n) is 6.41. The largest absolute Gasteiger partial charge is 0.465 e.